The Morgan fingerprint density at radius 1 is 1.06 bits per heavy atom. The highest BCUT2D eigenvalue weighted by Gasteiger charge is 2.28. The first-order valence-corrected chi connectivity index (χ1v) is 7.06. The molecule has 3 heteroatoms. The molecular formula is C14H25NO2. The Bertz CT molecular complexity index is 251. The van der Waals surface area contributed by atoms with E-state index in [1.807, 2.05) is 0 Å². The summed E-state index contributed by atoms with van der Waals surface area (Å²) in [6, 6.07) is 0. The molecule has 3 nitrogen and oxygen atoms in total. The number of carbonyl (C=O) groups is 1. The molecular weight excluding hydrogens is 214 g/mol. The number of aliphatic carboxylic acids is 1. The molecule has 0 amide bonds. The van der Waals surface area contributed by atoms with Gasteiger partial charge in [-0.2, -0.15) is 0 Å². The third-order valence-electron chi connectivity index (χ3n) is 4.70. The second-order valence-corrected chi connectivity index (χ2v) is 6.04. The van der Waals surface area contributed by atoms with Gasteiger partial charge in [0.1, 0.15) is 0 Å². The first-order valence-electron chi connectivity index (χ1n) is 7.06. The highest BCUT2D eigenvalue weighted by Crippen LogP contribution is 2.35. The maximum atomic E-state index is 10.9. The second-order valence-electron chi connectivity index (χ2n) is 6.04. The van der Waals surface area contributed by atoms with Gasteiger partial charge in [0, 0.05) is 0 Å². The van der Waals surface area contributed by atoms with Crippen LogP contribution in [0.15, 0.2) is 0 Å². The highest BCUT2D eigenvalue weighted by molar-refractivity contribution is 5.69. The van der Waals surface area contributed by atoms with E-state index in [4.69, 9.17) is 5.11 Å². The van der Waals surface area contributed by atoms with E-state index in [2.05, 4.69) is 11.9 Å². The van der Waals surface area contributed by atoms with Gasteiger partial charge in [-0.3, -0.25) is 4.79 Å². The van der Waals surface area contributed by atoms with Crippen LogP contribution >= 0.6 is 0 Å². The van der Waals surface area contributed by atoms with E-state index < -0.39 is 5.97 Å². The Kier molecular flexibility index (Phi) is 4.43. The minimum atomic E-state index is -0.581. The second kappa shape index (κ2) is 5.85. The zero-order valence-electron chi connectivity index (χ0n) is 10.9. The number of likely N-dealkylation sites (tertiary alicyclic amines) is 1. The van der Waals surface area contributed by atoms with Gasteiger partial charge in [-0.05, 0) is 76.9 Å². The van der Waals surface area contributed by atoms with E-state index in [1.54, 1.807) is 0 Å². The van der Waals surface area contributed by atoms with Crippen LogP contribution in [0.4, 0.5) is 0 Å². The quantitative estimate of drug-likeness (QED) is 0.823. The molecule has 17 heavy (non-hydrogen) atoms. The molecule has 0 atom stereocenters. The van der Waals surface area contributed by atoms with Crippen molar-refractivity contribution in [1.29, 1.82) is 0 Å². The third kappa shape index (κ3) is 3.70. The third-order valence-corrected chi connectivity index (χ3v) is 4.70. The van der Waals surface area contributed by atoms with Crippen molar-refractivity contribution in [3.63, 3.8) is 0 Å². The van der Waals surface area contributed by atoms with E-state index in [9.17, 15) is 4.79 Å². The summed E-state index contributed by atoms with van der Waals surface area (Å²) in [5.41, 5.74) is 0. The molecule has 1 heterocycles. The van der Waals surface area contributed by atoms with Crippen LogP contribution in [0.3, 0.4) is 0 Å². The van der Waals surface area contributed by atoms with Crippen molar-refractivity contribution in [3.8, 4) is 0 Å². The van der Waals surface area contributed by atoms with Gasteiger partial charge in [-0.15, -0.1) is 0 Å². The number of piperidine rings is 1. The number of hydrogen-bond donors (Lipinski definition) is 1. The van der Waals surface area contributed by atoms with Gasteiger partial charge in [0.15, 0.2) is 0 Å². The smallest absolute Gasteiger partial charge is 0.306 e. The van der Waals surface area contributed by atoms with E-state index in [1.165, 1.54) is 32.4 Å². The van der Waals surface area contributed by atoms with Crippen molar-refractivity contribution < 1.29 is 9.90 Å². The summed E-state index contributed by atoms with van der Waals surface area (Å²) in [6.07, 6.45) is 8.14. The Morgan fingerprint density at radius 2 is 1.59 bits per heavy atom. The number of carboxylic acid groups (broad SMARTS) is 1. The molecule has 0 bridgehead atoms. The first kappa shape index (κ1) is 12.9. The summed E-state index contributed by atoms with van der Waals surface area (Å²) in [7, 11) is 2.20. The molecule has 2 fully saturated rings. The largest absolute Gasteiger partial charge is 0.481 e. The average molecular weight is 239 g/mol. The van der Waals surface area contributed by atoms with Crippen LogP contribution in [-0.2, 0) is 4.79 Å². The van der Waals surface area contributed by atoms with E-state index in [0.717, 1.165) is 37.5 Å². The number of carboxylic acids is 1. The fraction of sp³-hybridized carbons (Fsp3) is 0.929. The molecule has 2 aliphatic rings. The van der Waals surface area contributed by atoms with Crippen molar-refractivity contribution in [2.24, 2.45) is 17.8 Å². The molecule has 0 radical (unpaired) electrons. The maximum Gasteiger partial charge on any atom is 0.306 e. The van der Waals surface area contributed by atoms with Crippen molar-refractivity contribution in [1.82, 2.24) is 4.90 Å². The van der Waals surface area contributed by atoms with Crippen LogP contribution in [0.1, 0.15) is 44.9 Å². The predicted molar refractivity (Wildman–Crippen MR) is 67.9 cm³/mol. The molecule has 1 aliphatic heterocycles. The lowest BCUT2D eigenvalue weighted by Crippen LogP contribution is -2.31. The van der Waals surface area contributed by atoms with Crippen LogP contribution in [0, 0.1) is 17.8 Å². The molecule has 98 valence electrons. The maximum absolute atomic E-state index is 10.9. The molecule has 0 unspecified atom stereocenters. The summed E-state index contributed by atoms with van der Waals surface area (Å²) >= 11 is 0. The number of nitrogens with zero attached hydrogens (tertiary/aromatic N) is 1. The summed E-state index contributed by atoms with van der Waals surface area (Å²) in [6.45, 7) is 2.49. The van der Waals surface area contributed by atoms with Crippen LogP contribution in [0.2, 0.25) is 0 Å². The average Bonchev–Trinajstić information content (AvgIpc) is 2.33. The van der Waals surface area contributed by atoms with E-state index >= 15 is 0 Å². The Balaban J connectivity index is 1.69. The topological polar surface area (TPSA) is 40.5 Å². The number of hydrogen-bond acceptors (Lipinski definition) is 2. The van der Waals surface area contributed by atoms with Gasteiger partial charge < -0.3 is 10.0 Å². The SMILES string of the molecule is CN1CCC(CC2CCC(C(=O)O)CC2)CC1. The molecule has 0 aromatic heterocycles. The highest BCUT2D eigenvalue weighted by atomic mass is 16.4. The number of rotatable bonds is 3. The first-order chi connectivity index (χ1) is 8.15. The molecule has 0 spiro atoms. The van der Waals surface area contributed by atoms with Gasteiger partial charge in [-0.25, -0.2) is 0 Å². The summed E-state index contributed by atoms with van der Waals surface area (Å²) in [4.78, 5) is 13.3. The molecule has 0 aromatic rings. The minimum Gasteiger partial charge on any atom is -0.481 e. The van der Waals surface area contributed by atoms with Crippen molar-refractivity contribution in [2.75, 3.05) is 20.1 Å². The minimum absolute atomic E-state index is 0.0521. The zero-order valence-corrected chi connectivity index (χ0v) is 10.9. The Morgan fingerprint density at radius 3 is 2.12 bits per heavy atom. The fourth-order valence-electron chi connectivity index (χ4n) is 3.41. The molecule has 2 rings (SSSR count). The van der Waals surface area contributed by atoms with Gasteiger partial charge in [-0.1, -0.05) is 0 Å². The zero-order chi connectivity index (χ0) is 12.3. The van der Waals surface area contributed by atoms with Crippen LogP contribution < -0.4 is 0 Å². The van der Waals surface area contributed by atoms with Crippen LogP contribution in [0.5, 0.6) is 0 Å². The molecule has 1 N–H and O–H groups in total. The van der Waals surface area contributed by atoms with Crippen molar-refractivity contribution in [2.45, 2.75) is 44.9 Å². The Hall–Kier alpha value is -0.570. The molecule has 1 aliphatic carbocycles. The van der Waals surface area contributed by atoms with Gasteiger partial charge in [0.2, 0.25) is 0 Å². The molecule has 1 saturated heterocycles. The van der Waals surface area contributed by atoms with Gasteiger partial charge in [0.05, 0.1) is 5.92 Å². The van der Waals surface area contributed by atoms with E-state index in [0.29, 0.717) is 0 Å². The Labute approximate surface area is 104 Å². The monoisotopic (exact) mass is 239 g/mol. The molecule has 1 saturated carbocycles. The van der Waals surface area contributed by atoms with Crippen LogP contribution in [-0.4, -0.2) is 36.1 Å². The fourth-order valence-corrected chi connectivity index (χ4v) is 3.41. The molecule has 0 aromatic carbocycles. The van der Waals surface area contributed by atoms with Crippen molar-refractivity contribution in [3.05, 3.63) is 0 Å². The normalized spacial score (nSPS) is 32.5. The summed E-state index contributed by atoms with van der Waals surface area (Å²) in [5.74, 6) is 1.07. The lowest BCUT2D eigenvalue weighted by atomic mass is 9.76. The lowest BCUT2D eigenvalue weighted by molar-refractivity contribution is -0.143. The lowest BCUT2D eigenvalue weighted by Gasteiger charge is -2.33. The van der Waals surface area contributed by atoms with Gasteiger partial charge in [0.25, 0.3) is 0 Å². The summed E-state index contributed by atoms with van der Waals surface area (Å²) in [5, 5.41) is 8.97. The predicted octanol–water partition coefficient (Wildman–Crippen LogP) is 2.61. The van der Waals surface area contributed by atoms with E-state index in [-0.39, 0.29) is 5.92 Å². The van der Waals surface area contributed by atoms with Crippen LogP contribution in [0.25, 0.3) is 0 Å². The standard InChI is InChI=1S/C14H25NO2/c1-15-8-6-12(7-9-15)10-11-2-4-13(5-3-11)14(16)17/h11-13H,2-10H2,1H3,(H,16,17). The van der Waals surface area contributed by atoms with Gasteiger partial charge >= 0.3 is 5.97 Å². The van der Waals surface area contributed by atoms with Crippen molar-refractivity contribution >= 4 is 5.97 Å². The summed E-state index contributed by atoms with van der Waals surface area (Å²) < 4.78 is 0.